The van der Waals surface area contributed by atoms with Crippen LogP contribution in [-0.2, 0) is 11.8 Å². The third kappa shape index (κ3) is 3.43. The van der Waals surface area contributed by atoms with Crippen molar-refractivity contribution in [3.05, 3.63) is 156 Å². The number of aromatic nitrogens is 4. The van der Waals surface area contributed by atoms with Gasteiger partial charge in [-0.3, -0.25) is 4.57 Å². The number of nitrogens with zero attached hydrogens (tertiary/aromatic N) is 4. The standard InChI is InChI=1S/C47H32N4O/c1-47(2)32-21-10-6-17-28(32)38-39-29-18-7-12-24-35(29)51(46-48-33-22-14-26-37-41(33)43(49-46)31-20-9-13-25-36(31)52-37)44(39)45-40(42(38)47)30-19-8-11-23-34(30)50(45)27-15-4-3-5-16-27/h3-13,15-21,23-26H,14,22H2,1-2H3. The molecule has 0 amide bonds. The first kappa shape index (κ1) is 28.3. The first-order chi connectivity index (χ1) is 25.6. The van der Waals surface area contributed by atoms with Crippen LogP contribution in [0.15, 0.2) is 133 Å². The highest BCUT2D eigenvalue weighted by Gasteiger charge is 2.41. The van der Waals surface area contributed by atoms with Crippen molar-refractivity contribution in [3.8, 4) is 39.8 Å². The summed E-state index contributed by atoms with van der Waals surface area (Å²) in [6.07, 6.45) is 3.90. The quantitative estimate of drug-likeness (QED) is 0.184. The van der Waals surface area contributed by atoms with Crippen molar-refractivity contribution in [2.75, 3.05) is 0 Å². The van der Waals surface area contributed by atoms with Crippen LogP contribution >= 0.6 is 0 Å². The number of hydrogen-bond donors (Lipinski definition) is 0. The van der Waals surface area contributed by atoms with E-state index in [9.17, 15) is 0 Å². The zero-order valence-electron chi connectivity index (χ0n) is 28.8. The van der Waals surface area contributed by atoms with Crippen LogP contribution < -0.4 is 4.74 Å². The Morgan fingerprint density at radius 3 is 2.10 bits per heavy atom. The lowest BCUT2D eigenvalue weighted by Gasteiger charge is -2.27. The van der Waals surface area contributed by atoms with Crippen molar-refractivity contribution in [2.24, 2.45) is 0 Å². The van der Waals surface area contributed by atoms with E-state index in [1.807, 2.05) is 12.1 Å². The van der Waals surface area contributed by atoms with E-state index in [0.717, 1.165) is 63.6 Å². The van der Waals surface area contributed by atoms with Gasteiger partial charge in [-0.2, -0.15) is 0 Å². The van der Waals surface area contributed by atoms with E-state index < -0.39 is 0 Å². The zero-order valence-corrected chi connectivity index (χ0v) is 28.8. The van der Waals surface area contributed by atoms with Crippen molar-refractivity contribution in [2.45, 2.75) is 32.1 Å². The van der Waals surface area contributed by atoms with Crippen molar-refractivity contribution in [1.82, 2.24) is 19.1 Å². The monoisotopic (exact) mass is 668 g/mol. The second kappa shape index (κ2) is 9.86. The van der Waals surface area contributed by atoms with Gasteiger partial charge in [-0.1, -0.05) is 105 Å². The van der Waals surface area contributed by atoms with Gasteiger partial charge in [0.25, 0.3) is 0 Å². The molecule has 52 heavy (non-hydrogen) atoms. The largest absolute Gasteiger partial charge is 0.456 e. The topological polar surface area (TPSA) is 44.9 Å². The molecule has 12 rings (SSSR count). The van der Waals surface area contributed by atoms with Gasteiger partial charge in [0, 0.05) is 38.2 Å². The average Bonchev–Trinajstić information content (AvgIpc) is 3.79. The Bertz CT molecular complexity index is 3070. The van der Waals surface area contributed by atoms with Crippen molar-refractivity contribution in [1.29, 1.82) is 0 Å². The van der Waals surface area contributed by atoms with E-state index in [-0.39, 0.29) is 5.41 Å². The van der Waals surface area contributed by atoms with E-state index in [2.05, 4.69) is 144 Å². The molecule has 0 N–H and O–H groups in total. The summed E-state index contributed by atoms with van der Waals surface area (Å²) in [5.41, 5.74) is 14.8. The van der Waals surface area contributed by atoms with Crippen molar-refractivity contribution in [3.63, 3.8) is 0 Å². The molecule has 0 fully saturated rings. The summed E-state index contributed by atoms with van der Waals surface area (Å²) in [5.74, 6) is 2.39. The second-order valence-electron chi connectivity index (χ2n) is 14.8. The van der Waals surface area contributed by atoms with Gasteiger partial charge in [0.1, 0.15) is 11.5 Å². The van der Waals surface area contributed by atoms with Crippen LogP contribution in [0.2, 0.25) is 0 Å². The molecular formula is C47H32N4O. The van der Waals surface area contributed by atoms with Gasteiger partial charge in [0.15, 0.2) is 0 Å². The van der Waals surface area contributed by atoms with E-state index in [0.29, 0.717) is 5.95 Å². The van der Waals surface area contributed by atoms with Crippen LogP contribution in [0.4, 0.5) is 0 Å². The molecular weight excluding hydrogens is 637 g/mol. The molecule has 0 atom stereocenters. The first-order valence-corrected chi connectivity index (χ1v) is 18.2. The summed E-state index contributed by atoms with van der Waals surface area (Å²) in [7, 11) is 0. The SMILES string of the molecule is CC1(C)c2ccccc2-c2c1c1c3ccccc3n(-c3ccccc3)c1c1c2c2ccccc2n1-c1nc2c3c(n1)-c1ccccc1OC3=CCC2. The molecule has 5 nitrogen and oxygen atoms in total. The Kier molecular flexibility index (Phi) is 5.36. The Morgan fingerprint density at radius 2 is 1.27 bits per heavy atom. The lowest BCUT2D eigenvalue weighted by Crippen LogP contribution is -2.17. The Labute approximate surface area is 300 Å². The minimum Gasteiger partial charge on any atom is -0.456 e. The molecule has 0 spiro atoms. The third-order valence-corrected chi connectivity index (χ3v) is 11.7. The summed E-state index contributed by atoms with van der Waals surface area (Å²) < 4.78 is 11.3. The van der Waals surface area contributed by atoms with Crippen LogP contribution in [0.3, 0.4) is 0 Å². The van der Waals surface area contributed by atoms with Crippen LogP contribution in [-0.4, -0.2) is 19.1 Å². The Hall–Kier alpha value is -6.46. The molecule has 0 saturated heterocycles. The fraction of sp³-hybridized carbons (Fsp3) is 0.106. The van der Waals surface area contributed by atoms with Gasteiger partial charge < -0.3 is 9.30 Å². The normalized spacial score (nSPS) is 15.0. The molecule has 5 heteroatoms. The lowest BCUT2D eigenvalue weighted by molar-refractivity contribution is 0.502. The van der Waals surface area contributed by atoms with Gasteiger partial charge in [-0.15, -0.1) is 0 Å². The van der Waals surface area contributed by atoms with E-state index >= 15 is 0 Å². The molecule has 6 aromatic carbocycles. The summed E-state index contributed by atoms with van der Waals surface area (Å²) in [6, 6.07) is 45.9. The number of benzene rings is 6. The zero-order chi connectivity index (χ0) is 34.3. The van der Waals surface area contributed by atoms with E-state index in [1.54, 1.807) is 0 Å². The maximum Gasteiger partial charge on any atom is 0.235 e. The minimum absolute atomic E-state index is 0.230. The molecule has 4 heterocycles. The molecule has 9 aromatic rings. The van der Waals surface area contributed by atoms with Crippen LogP contribution in [0.5, 0.6) is 5.75 Å². The smallest absolute Gasteiger partial charge is 0.235 e. The number of para-hydroxylation sites is 4. The fourth-order valence-electron chi connectivity index (χ4n) is 9.65. The Morgan fingerprint density at radius 1 is 0.615 bits per heavy atom. The summed E-state index contributed by atoms with van der Waals surface area (Å²) in [4.78, 5) is 11.0. The van der Waals surface area contributed by atoms with Crippen molar-refractivity contribution < 1.29 is 4.74 Å². The number of hydrogen-bond acceptors (Lipinski definition) is 3. The average molecular weight is 669 g/mol. The maximum atomic E-state index is 6.44. The summed E-state index contributed by atoms with van der Waals surface area (Å²) >= 11 is 0. The molecule has 0 bridgehead atoms. The summed E-state index contributed by atoms with van der Waals surface area (Å²) in [5, 5.41) is 4.98. The minimum atomic E-state index is -0.230. The number of rotatable bonds is 2. The second-order valence-corrected chi connectivity index (χ2v) is 14.8. The van der Waals surface area contributed by atoms with Crippen LogP contribution in [0.1, 0.15) is 42.7 Å². The van der Waals surface area contributed by atoms with E-state index in [4.69, 9.17) is 14.7 Å². The predicted molar refractivity (Wildman–Crippen MR) is 211 cm³/mol. The highest BCUT2D eigenvalue weighted by molar-refractivity contribution is 6.30. The van der Waals surface area contributed by atoms with Gasteiger partial charge in [0.05, 0.1) is 39.0 Å². The van der Waals surface area contributed by atoms with Gasteiger partial charge >= 0.3 is 0 Å². The first-order valence-electron chi connectivity index (χ1n) is 18.2. The number of ether oxygens (including phenoxy) is 1. The van der Waals surface area contributed by atoms with Gasteiger partial charge in [0.2, 0.25) is 5.95 Å². The fourth-order valence-corrected chi connectivity index (χ4v) is 9.65. The number of aryl methyl sites for hydroxylation is 1. The van der Waals surface area contributed by atoms with Gasteiger partial charge in [-0.25, -0.2) is 9.97 Å². The molecule has 0 radical (unpaired) electrons. The molecule has 246 valence electrons. The summed E-state index contributed by atoms with van der Waals surface area (Å²) in [6.45, 7) is 4.80. The molecule has 3 aromatic heterocycles. The van der Waals surface area contributed by atoms with Crippen molar-refractivity contribution >= 4 is 49.4 Å². The molecule has 3 aliphatic rings. The molecule has 2 aliphatic carbocycles. The van der Waals surface area contributed by atoms with Gasteiger partial charge in [-0.05, 0) is 77.6 Å². The number of fused-ring (bicyclic) bond motifs is 14. The maximum absolute atomic E-state index is 6.44. The number of allylic oxidation sites excluding steroid dienone is 1. The lowest BCUT2D eigenvalue weighted by atomic mass is 9.80. The highest BCUT2D eigenvalue weighted by Crippen LogP contribution is 2.58. The molecule has 0 unspecified atom stereocenters. The highest BCUT2D eigenvalue weighted by atomic mass is 16.5. The molecule has 0 saturated carbocycles. The molecule has 1 aliphatic heterocycles. The third-order valence-electron chi connectivity index (χ3n) is 11.7. The Balaban J connectivity index is 1.36. The van der Waals surface area contributed by atoms with Crippen LogP contribution in [0.25, 0.3) is 83.4 Å². The van der Waals surface area contributed by atoms with E-state index in [1.165, 1.54) is 54.8 Å². The van der Waals surface area contributed by atoms with Crippen LogP contribution in [0, 0.1) is 0 Å². The predicted octanol–water partition coefficient (Wildman–Crippen LogP) is 11.3.